The highest BCUT2D eigenvalue weighted by Crippen LogP contribution is 2.65. The van der Waals surface area contributed by atoms with Crippen molar-refractivity contribution in [1.82, 2.24) is 0 Å². The number of benzene rings is 10. The molecule has 0 atom stereocenters. The average molecular weight is 904 g/mol. The van der Waals surface area contributed by atoms with Gasteiger partial charge in [-0.05, 0) is 124 Å². The Morgan fingerprint density at radius 3 is 1.68 bits per heavy atom. The number of fused-ring (bicyclic) bond motifs is 14. The van der Waals surface area contributed by atoms with Crippen LogP contribution in [0.25, 0.3) is 75.5 Å². The number of thiophene rings is 1. The van der Waals surface area contributed by atoms with Gasteiger partial charge in [0, 0.05) is 26.7 Å². The molecular formula is C67H53NS. The van der Waals surface area contributed by atoms with Crippen molar-refractivity contribution in [2.24, 2.45) is 0 Å². The van der Waals surface area contributed by atoms with E-state index in [9.17, 15) is 0 Å². The van der Waals surface area contributed by atoms with Crippen molar-refractivity contribution < 1.29 is 0 Å². The Morgan fingerprint density at radius 1 is 0.391 bits per heavy atom. The molecule has 2 aliphatic rings. The van der Waals surface area contributed by atoms with Gasteiger partial charge in [-0.3, -0.25) is 0 Å². The van der Waals surface area contributed by atoms with E-state index in [0.29, 0.717) is 0 Å². The first-order valence-corrected chi connectivity index (χ1v) is 25.2. The summed E-state index contributed by atoms with van der Waals surface area (Å²) in [6, 6.07) is 80.5. The Balaban J connectivity index is 1.11. The quantitative estimate of drug-likeness (QED) is 0.166. The fourth-order valence-electron chi connectivity index (χ4n) is 11.9. The van der Waals surface area contributed by atoms with Crippen molar-refractivity contribution in [3.05, 3.63) is 246 Å². The summed E-state index contributed by atoms with van der Waals surface area (Å²) in [5.41, 5.74) is 21.2. The predicted molar refractivity (Wildman–Crippen MR) is 296 cm³/mol. The topological polar surface area (TPSA) is 3.24 Å². The van der Waals surface area contributed by atoms with E-state index in [2.05, 4.69) is 259 Å². The van der Waals surface area contributed by atoms with Crippen molar-refractivity contribution >= 4 is 59.3 Å². The molecule has 0 fully saturated rings. The lowest BCUT2D eigenvalue weighted by Gasteiger charge is -2.33. The summed E-state index contributed by atoms with van der Waals surface area (Å²) >= 11 is 1.90. The number of nitrogens with zero attached hydrogens (tertiary/aromatic N) is 1. The fourth-order valence-corrected chi connectivity index (χ4v) is 13.1. The van der Waals surface area contributed by atoms with Crippen LogP contribution in [-0.4, -0.2) is 0 Å². The fraction of sp³-hybridized carbons (Fsp3) is 0.134. The largest absolute Gasteiger partial charge is 0.308 e. The molecular weight excluding hydrogens is 851 g/mol. The summed E-state index contributed by atoms with van der Waals surface area (Å²) in [6.45, 7) is 14.1. The zero-order chi connectivity index (χ0) is 46.8. The minimum absolute atomic E-state index is 0.0251. The normalized spacial score (nSPS) is 13.5. The molecule has 2 heteroatoms. The SMILES string of the molecule is CC(C)(C)c1ccc2c(c1)C1(c3cc(C(C)(C)C)ccc3-2)c2ccccc2-c2c(N(c3ccc(-c4cccc5ccccc45)cc3)c3cccc4c3sc3cccc(-c5ccccc5)c34)cccc21. The van der Waals surface area contributed by atoms with Gasteiger partial charge in [0.15, 0.2) is 0 Å². The van der Waals surface area contributed by atoms with E-state index in [1.165, 1.54) is 120 Å². The number of hydrogen-bond donors (Lipinski definition) is 0. The number of rotatable bonds is 5. The Bertz CT molecular complexity index is 3790. The second-order valence-corrected chi connectivity index (χ2v) is 22.3. The van der Waals surface area contributed by atoms with Gasteiger partial charge >= 0.3 is 0 Å². The molecule has 2 aliphatic carbocycles. The van der Waals surface area contributed by atoms with Crippen LogP contribution in [0.15, 0.2) is 212 Å². The number of hydrogen-bond acceptors (Lipinski definition) is 2. The maximum absolute atomic E-state index is 2.58. The van der Waals surface area contributed by atoms with Crippen molar-refractivity contribution in [1.29, 1.82) is 0 Å². The van der Waals surface area contributed by atoms with Crippen molar-refractivity contribution in [3.8, 4) is 44.5 Å². The van der Waals surface area contributed by atoms with E-state index in [4.69, 9.17) is 0 Å². The van der Waals surface area contributed by atoms with Crippen molar-refractivity contribution in [2.45, 2.75) is 57.8 Å². The molecule has 0 amide bonds. The molecule has 0 aliphatic heterocycles. The lowest BCUT2D eigenvalue weighted by molar-refractivity contribution is 0.586. The smallest absolute Gasteiger partial charge is 0.0726 e. The van der Waals surface area contributed by atoms with Crippen LogP contribution < -0.4 is 4.90 Å². The highest BCUT2D eigenvalue weighted by molar-refractivity contribution is 7.26. The Kier molecular flexibility index (Phi) is 9.20. The molecule has 69 heavy (non-hydrogen) atoms. The molecule has 1 heterocycles. The minimum Gasteiger partial charge on any atom is -0.308 e. The summed E-state index contributed by atoms with van der Waals surface area (Å²) in [5, 5.41) is 5.09. The van der Waals surface area contributed by atoms with Crippen LogP contribution in [0, 0.1) is 0 Å². The van der Waals surface area contributed by atoms with Crippen LogP contribution in [0.3, 0.4) is 0 Å². The Hall–Kier alpha value is -7.52. The lowest BCUT2D eigenvalue weighted by Crippen LogP contribution is -2.27. The van der Waals surface area contributed by atoms with Gasteiger partial charge < -0.3 is 4.90 Å². The first-order chi connectivity index (χ1) is 33.5. The molecule has 0 radical (unpaired) electrons. The molecule has 0 saturated heterocycles. The van der Waals surface area contributed by atoms with Crippen LogP contribution in [0.4, 0.5) is 17.1 Å². The molecule has 10 aromatic carbocycles. The molecule has 1 nitrogen and oxygen atoms in total. The Labute approximate surface area is 410 Å². The van der Waals surface area contributed by atoms with Crippen molar-refractivity contribution in [3.63, 3.8) is 0 Å². The predicted octanol–water partition coefficient (Wildman–Crippen LogP) is 18.9. The third-order valence-electron chi connectivity index (χ3n) is 15.2. The van der Waals surface area contributed by atoms with Gasteiger partial charge in [-0.15, -0.1) is 11.3 Å². The van der Waals surface area contributed by atoms with E-state index >= 15 is 0 Å². The lowest BCUT2D eigenvalue weighted by atomic mass is 9.69. The molecule has 0 unspecified atom stereocenters. The van der Waals surface area contributed by atoms with Gasteiger partial charge in [0.25, 0.3) is 0 Å². The number of anilines is 3. The maximum Gasteiger partial charge on any atom is 0.0726 e. The third kappa shape index (κ3) is 6.21. The molecule has 11 aromatic rings. The van der Waals surface area contributed by atoms with Crippen molar-refractivity contribution in [2.75, 3.05) is 4.90 Å². The van der Waals surface area contributed by atoms with Gasteiger partial charge in [-0.25, -0.2) is 0 Å². The molecule has 0 saturated carbocycles. The Morgan fingerprint density at radius 2 is 0.942 bits per heavy atom. The highest BCUT2D eigenvalue weighted by atomic mass is 32.1. The second-order valence-electron chi connectivity index (χ2n) is 21.2. The van der Waals surface area contributed by atoms with E-state index in [0.717, 1.165) is 5.69 Å². The monoisotopic (exact) mass is 903 g/mol. The van der Waals surface area contributed by atoms with Crippen LogP contribution in [0.2, 0.25) is 0 Å². The zero-order valence-electron chi connectivity index (χ0n) is 40.1. The van der Waals surface area contributed by atoms with E-state index in [1.807, 2.05) is 11.3 Å². The minimum atomic E-state index is -0.521. The molecule has 332 valence electrons. The standard InChI is InChI=1S/C67H53NS/c1-65(2,3)45-34-38-51-52-39-35-46(66(4,5)6)41-58(52)67(57(51)40-45)55-27-13-12-23-53(55)63-56(67)28-17-29-59(63)68(47-36-32-44(33-37-47)49-24-14-21-42-20-10-11-22-48(42)49)60-30-15-26-54-62-50(43-18-8-7-9-19-43)25-16-31-61(62)69-64(54)60/h7-41H,1-6H3. The van der Waals surface area contributed by atoms with Crippen LogP contribution in [0.1, 0.15) is 74.9 Å². The first kappa shape index (κ1) is 41.7. The van der Waals surface area contributed by atoms with Gasteiger partial charge in [-0.1, -0.05) is 224 Å². The van der Waals surface area contributed by atoms with Gasteiger partial charge in [0.05, 0.1) is 21.5 Å². The molecule has 1 aromatic heterocycles. The van der Waals surface area contributed by atoms with Crippen LogP contribution in [-0.2, 0) is 16.2 Å². The second kappa shape index (κ2) is 15.2. The summed E-state index contributed by atoms with van der Waals surface area (Å²) in [4.78, 5) is 2.58. The summed E-state index contributed by atoms with van der Waals surface area (Å²) in [7, 11) is 0. The van der Waals surface area contributed by atoms with E-state index in [1.54, 1.807) is 0 Å². The van der Waals surface area contributed by atoms with E-state index < -0.39 is 5.41 Å². The average Bonchev–Trinajstić information content (AvgIpc) is 4.01. The first-order valence-electron chi connectivity index (χ1n) is 24.4. The summed E-state index contributed by atoms with van der Waals surface area (Å²) in [6.07, 6.45) is 0. The summed E-state index contributed by atoms with van der Waals surface area (Å²) in [5.74, 6) is 0. The van der Waals surface area contributed by atoms with E-state index in [-0.39, 0.29) is 10.8 Å². The van der Waals surface area contributed by atoms with Gasteiger partial charge in [0.1, 0.15) is 0 Å². The van der Waals surface area contributed by atoms with Crippen LogP contribution >= 0.6 is 11.3 Å². The molecule has 0 N–H and O–H groups in total. The summed E-state index contributed by atoms with van der Waals surface area (Å²) < 4.78 is 2.56. The van der Waals surface area contributed by atoms with Gasteiger partial charge in [0.2, 0.25) is 0 Å². The van der Waals surface area contributed by atoms with Gasteiger partial charge in [-0.2, -0.15) is 0 Å². The molecule has 1 spiro atoms. The third-order valence-corrected chi connectivity index (χ3v) is 16.4. The maximum atomic E-state index is 2.58. The van der Waals surface area contributed by atoms with Crippen LogP contribution in [0.5, 0.6) is 0 Å². The highest BCUT2D eigenvalue weighted by Gasteiger charge is 2.53. The zero-order valence-corrected chi connectivity index (χ0v) is 40.9. The molecule has 0 bridgehead atoms. The molecule has 13 rings (SSSR count).